The largest absolute Gasteiger partial charge is 1.00 e. The quantitative estimate of drug-likeness (QED) is 0.564. The normalized spacial score (nSPS) is 15.1. The third-order valence-electron chi connectivity index (χ3n) is 3.48. The van der Waals surface area contributed by atoms with E-state index >= 15 is 0 Å². The first kappa shape index (κ1) is 19.5. The summed E-state index contributed by atoms with van der Waals surface area (Å²) in [4.78, 5) is 0. The van der Waals surface area contributed by atoms with Gasteiger partial charge >= 0.3 is 0 Å². The molecule has 3 nitrogen and oxygen atoms in total. The molecule has 0 atom stereocenters. The number of ether oxygens (including phenoxy) is 1. The van der Waals surface area contributed by atoms with Gasteiger partial charge in [-0.1, -0.05) is 18.2 Å². The summed E-state index contributed by atoms with van der Waals surface area (Å²) < 4.78 is 5.63. The Hall–Kier alpha value is -0.480. The van der Waals surface area contributed by atoms with Gasteiger partial charge in [0.15, 0.2) is 0 Å². The SMILES string of the molecule is CCOc1ccccc1CNCC1CCNCC1.[Cl-].[Cl-]. The lowest BCUT2D eigenvalue weighted by molar-refractivity contribution is -0.001000. The van der Waals surface area contributed by atoms with E-state index in [2.05, 4.69) is 22.8 Å². The van der Waals surface area contributed by atoms with Gasteiger partial charge in [0.05, 0.1) is 6.61 Å². The Balaban J connectivity index is 0.00000180. The first-order chi connectivity index (χ1) is 8.90. The van der Waals surface area contributed by atoms with Crippen LogP contribution >= 0.6 is 0 Å². The molecule has 1 aromatic rings. The molecule has 1 heterocycles. The molecule has 1 aromatic carbocycles. The third-order valence-corrected chi connectivity index (χ3v) is 3.48. The molecule has 0 unspecified atom stereocenters. The first-order valence-corrected chi connectivity index (χ1v) is 7.02. The molecule has 0 aromatic heterocycles. The van der Waals surface area contributed by atoms with Crippen LogP contribution in [0.2, 0.25) is 0 Å². The number of benzene rings is 1. The van der Waals surface area contributed by atoms with Crippen LogP contribution in [0.4, 0.5) is 0 Å². The highest BCUT2D eigenvalue weighted by molar-refractivity contribution is 5.33. The van der Waals surface area contributed by atoms with E-state index in [9.17, 15) is 0 Å². The highest BCUT2D eigenvalue weighted by atomic mass is 35.5. The van der Waals surface area contributed by atoms with Crippen molar-refractivity contribution >= 4 is 0 Å². The van der Waals surface area contributed by atoms with Crippen molar-refractivity contribution in [2.75, 3.05) is 26.2 Å². The van der Waals surface area contributed by atoms with Gasteiger partial charge in [-0.15, -0.1) is 0 Å². The van der Waals surface area contributed by atoms with E-state index in [0.717, 1.165) is 31.4 Å². The molecular formula is C15H24Cl2N2O-2. The topological polar surface area (TPSA) is 33.3 Å². The number of piperidine rings is 1. The summed E-state index contributed by atoms with van der Waals surface area (Å²) in [5.41, 5.74) is 1.26. The molecule has 116 valence electrons. The molecule has 2 rings (SSSR count). The zero-order valence-electron chi connectivity index (χ0n) is 12.0. The van der Waals surface area contributed by atoms with E-state index < -0.39 is 0 Å². The van der Waals surface area contributed by atoms with E-state index in [1.54, 1.807) is 0 Å². The molecule has 0 aliphatic carbocycles. The molecule has 0 spiro atoms. The van der Waals surface area contributed by atoms with E-state index in [-0.39, 0.29) is 24.8 Å². The highest BCUT2D eigenvalue weighted by Gasteiger charge is 2.12. The van der Waals surface area contributed by atoms with Crippen LogP contribution in [0.3, 0.4) is 0 Å². The minimum absolute atomic E-state index is 0. The fourth-order valence-electron chi connectivity index (χ4n) is 2.44. The summed E-state index contributed by atoms with van der Waals surface area (Å²) in [6, 6.07) is 8.29. The Morgan fingerprint density at radius 1 is 1.20 bits per heavy atom. The predicted molar refractivity (Wildman–Crippen MR) is 74.9 cm³/mol. The zero-order valence-corrected chi connectivity index (χ0v) is 13.5. The van der Waals surface area contributed by atoms with Crippen LogP contribution in [0.25, 0.3) is 0 Å². The van der Waals surface area contributed by atoms with Crippen LogP contribution in [0.15, 0.2) is 24.3 Å². The number of nitrogens with one attached hydrogen (secondary N) is 2. The van der Waals surface area contributed by atoms with Gasteiger partial charge in [0.2, 0.25) is 0 Å². The molecule has 1 aliphatic rings. The molecule has 2 N–H and O–H groups in total. The molecule has 1 fully saturated rings. The highest BCUT2D eigenvalue weighted by Crippen LogP contribution is 2.18. The van der Waals surface area contributed by atoms with E-state index in [0.29, 0.717) is 0 Å². The zero-order chi connectivity index (χ0) is 12.6. The van der Waals surface area contributed by atoms with Crippen molar-refractivity contribution in [1.82, 2.24) is 10.6 Å². The summed E-state index contributed by atoms with van der Waals surface area (Å²) in [6.07, 6.45) is 2.58. The van der Waals surface area contributed by atoms with Gasteiger partial charge in [-0.05, 0) is 51.4 Å². The van der Waals surface area contributed by atoms with Crippen LogP contribution in [0.5, 0.6) is 5.75 Å². The molecule has 20 heavy (non-hydrogen) atoms. The van der Waals surface area contributed by atoms with Crippen molar-refractivity contribution in [2.24, 2.45) is 5.92 Å². The second kappa shape index (κ2) is 11.2. The fraction of sp³-hybridized carbons (Fsp3) is 0.600. The van der Waals surface area contributed by atoms with Gasteiger partial charge in [-0.25, -0.2) is 0 Å². The molecular weight excluding hydrogens is 295 g/mol. The maximum Gasteiger partial charge on any atom is 0.123 e. The van der Waals surface area contributed by atoms with Crippen molar-refractivity contribution in [2.45, 2.75) is 26.3 Å². The molecule has 0 saturated carbocycles. The lowest BCUT2D eigenvalue weighted by Gasteiger charge is -2.23. The molecule has 1 saturated heterocycles. The Morgan fingerprint density at radius 3 is 2.60 bits per heavy atom. The average molecular weight is 319 g/mol. The number of rotatable bonds is 6. The maximum absolute atomic E-state index is 5.63. The van der Waals surface area contributed by atoms with E-state index in [4.69, 9.17) is 4.74 Å². The summed E-state index contributed by atoms with van der Waals surface area (Å²) >= 11 is 0. The molecule has 5 heteroatoms. The second-order valence-electron chi connectivity index (χ2n) is 4.87. The monoisotopic (exact) mass is 318 g/mol. The summed E-state index contributed by atoms with van der Waals surface area (Å²) in [5, 5.41) is 6.96. The Labute approximate surface area is 134 Å². The average Bonchev–Trinajstić information content (AvgIpc) is 2.42. The molecule has 0 radical (unpaired) electrons. The predicted octanol–water partition coefficient (Wildman–Crippen LogP) is -3.82. The number of hydrogen-bond donors (Lipinski definition) is 2. The lowest BCUT2D eigenvalue weighted by atomic mass is 9.98. The van der Waals surface area contributed by atoms with Crippen molar-refractivity contribution < 1.29 is 29.6 Å². The van der Waals surface area contributed by atoms with Crippen molar-refractivity contribution in [1.29, 1.82) is 0 Å². The van der Waals surface area contributed by atoms with Crippen LogP contribution in [0.1, 0.15) is 25.3 Å². The second-order valence-corrected chi connectivity index (χ2v) is 4.87. The van der Waals surface area contributed by atoms with Gasteiger partial charge in [0, 0.05) is 12.1 Å². The standard InChI is InChI=1S/C15H24N2O.2ClH/c1-2-18-15-6-4-3-5-14(15)12-17-11-13-7-9-16-10-8-13;;/h3-6,13,16-17H,2,7-12H2,1H3;2*1H/p-2. The molecule has 0 bridgehead atoms. The molecule has 0 amide bonds. The Morgan fingerprint density at radius 2 is 1.90 bits per heavy atom. The fourth-order valence-corrected chi connectivity index (χ4v) is 2.44. The minimum Gasteiger partial charge on any atom is -1.00 e. The van der Waals surface area contributed by atoms with Gasteiger partial charge in [-0.2, -0.15) is 0 Å². The Kier molecular flexibility index (Phi) is 10.9. The minimum atomic E-state index is 0. The lowest BCUT2D eigenvalue weighted by Crippen LogP contribution is -3.00. The van der Waals surface area contributed by atoms with Crippen molar-refractivity contribution in [3.8, 4) is 5.75 Å². The van der Waals surface area contributed by atoms with Gasteiger partial charge in [0.1, 0.15) is 5.75 Å². The van der Waals surface area contributed by atoms with E-state index in [1.165, 1.54) is 31.5 Å². The van der Waals surface area contributed by atoms with Crippen LogP contribution in [-0.4, -0.2) is 26.2 Å². The van der Waals surface area contributed by atoms with Gasteiger partial charge in [-0.3, -0.25) is 0 Å². The Bertz CT molecular complexity index is 357. The van der Waals surface area contributed by atoms with Gasteiger partial charge < -0.3 is 40.2 Å². The number of para-hydroxylation sites is 1. The maximum atomic E-state index is 5.63. The summed E-state index contributed by atoms with van der Waals surface area (Å²) in [6.45, 7) is 7.11. The smallest absolute Gasteiger partial charge is 0.123 e. The number of halogens is 2. The van der Waals surface area contributed by atoms with Crippen molar-refractivity contribution in [3.05, 3.63) is 29.8 Å². The summed E-state index contributed by atoms with van der Waals surface area (Å²) in [5.74, 6) is 1.84. The third kappa shape index (κ3) is 6.31. The van der Waals surface area contributed by atoms with Crippen LogP contribution in [-0.2, 0) is 6.54 Å². The first-order valence-electron chi connectivity index (χ1n) is 7.02. The summed E-state index contributed by atoms with van der Waals surface area (Å²) in [7, 11) is 0. The van der Waals surface area contributed by atoms with E-state index in [1.807, 2.05) is 19.1 Å². The van der Waals surface area contributed by atoms with Gasteiger partial charge in [0.25, 0.3) is 0 Å². The van der Waals surface area contributed by atoms with Crippen LogP contribution < -0.4 is 40.2 Å². The van der Waals surface area contributed by atoms with Crippen LogP contribution in [0, 0.1) is 5.92 Å². The molecule has 1 aliphatic heterocycles. The number of hydrogen-bond acceptors (Lipinski definition) is 3. The van der Waals surface area contributed by atoms with Crippen molar-refractivity contribution in [3.63, 3.8) is 0 Å².